The van der Waals surface area contributed by atoms with Crippen LogP contribution in [-0.2, 0) is 4.79 Å². The second kappa shape index (κ2) is 8.90. The van der Waals surface area contributed by atoms with E-state index >= 15 is 0 Å². The average Bonchev–Trinajstić information content (AvgIpc) is 2.58. The number of hydrogen-bond donors (Lipinski definition) is 3. The summed E-state index contributed by atoms with van der Waals surface area (Å²) >= 11 is 0. The fourth-order valence-electron chi connectivity index (χ4n) is 2.31. The second-order valence-corrected chi connectivity index (χ2v) is 5.41. The van der Waals surface area contributed by atoms with E-state index in [4.69, 9.17) is 5.73 Å². The number of carbonyl (C=O) groups is 2. The van der Waals surface area contributed by atoms with Crippen molar-refractivity contribution < 1.29 is 9.59 Å². The molecule has 0 aliphatic rings. The number of fused-ring (bicyclic) bond motifs is 1. The quantitative estimate of drug-likeness (QED) is 0.650. The van der Waals surface area contributed by atoms with E-state index in [1.165, 1.54) is 0 Å². The molecule has 0 bridgehead atoms. The van der Waals surface area contributed by atoms with Crippen molar-refractivity contribution in [3.05, 3.63) is 48.0 Å². The van der Waals surface area contributed by atoms with Gasteiger partial charge in [0.2, 0.25) is 5.91 Å². The SMILES string of the molecule is NCCCCNC(=O)CCNC(=O)c1ccc2ccccc2c1. The van der Waals surface area contributed by atoms with E-state index in [0.29, 0.717) is 25.2 Å². The highest BCUT2D eigenvalue weighted by molar-refractivity contribution is 5.98. The van der Waals surface area contributed by atoms with Gasteiger partial charge in [-0.15, -0.1) is 0 Å². The summed E-state index contributed by atoms with van der Waals surface area (Å²) in [6.07, 6.45) is 2.06. The highest BCUT2D eigenvalue weighted by Gasteiger charge is 2.07. The Kier molecular flexibility index (Phi) is 6.56. The number of amides is 2. The van der Waals surface area contributed by atoms with Crippen LogP contribution in [0.4, 0.5) is 0 Å². The van der Waals surface area contributed by atoms with E-state index < -0.39 is 0 Å². The third-order valence-electron chi connectivity index (χ3n) is 3.60. The Balaban J connectivity index is 1.76. The maximum Gasteiger partial charge on any atom is 0.251 e. The van der Waals surface area contributed by atoms with Crippen LogP contribution < -0.4 is 16.4 Å². The molecule has 0 aliphatic carbocycles. The van der Waals surface area contributed by atoms with Crippen LogP contribution in [0.2, 0.25) is 0 Å². The van der Waals surface area contributed by atoms with E-state index in [1.807, 2.05) is 36.4 Å². The predicted molar refractivity (Wildman–Crippen MR) is 92.2 cm³/mol. The molecule has 0 saturated heterocycles. The third kappa shape index (κ3) is 5.38. The van der Waals surface area contributed by atoms with Crippen LogP contribution in [0.15, 0.2) is 42.5 Å². The van der Waals surface area contributed by atoms with Gasteiger partial charge in [0.25, 0.3) is 5.91 Å². The Labute approximate surface area is 136 Å². The first kappa shape index (κ1) is 17.0. The number of hydrogen-bond acceptors (Lipinski definition) is 3. The Hall–Kier alpha value is -2.40. The monoisotopic (exact) mass is 313 g/mol. The molecule has 23 heavy (non-hydrogen) atoms. The molecule has 0 radical (unpaired) electrons. The molecule has 2 amide bonds. The maximum absolute atomic E-state index is 12.1. The van der Waals surface area contributed by atoms with Crippen LogP contribution in [0, 0.1) is 0 Å². The molecule has 0 aromatic heterocycles. The van der Waals surface area contributed by atoms with Gasteiger partial charge >= 0.3 is 0 Å². The zero-order valence-electron chi connectivity index (χ0n) is 13.2. The molecule has 5 nitrogen and oxygen atoms in total. The lowest BCUT2D eigenvalue weighted by atomic mass is 10.1. The Morgan fingerprint density at radius 3 is 2.48 bits per heavy atom. The summed E-state index contributed by atoms with van der Waals surface area (Å²) in [6, 6.07) is 13.5. The normalized spacial score (nSPS) is 10.5. The predicted octanol–water partition coefficient (Wildman–Crippen LogP) is 1.81. The summed E-state index contributed by atoms with van der Waals surface area (Å²) in [5.74, 6) is -0.215. The lowest BCUT2D eigenvalue weighted by Gasteiger charge is -2.07. The largest absolute Gasteiger partial charge is 0.356 e. The first-order valence-electron chi connectivity index (χ1n) is 7.94. The van der Waals surface area contributed by atoms with Gasteiger partial charge in [0.15, 0.2) is 0 Å². The van der Waals surface area contributed by atoms with Crippen LogP contribution in [0.25, 0.3) is 10.8 Å². The fourth-order valence-corrected chi connectivity index (χ4v) is 2.31. The van der Waals surface area contributed by atoms with Gasteiger partial charge in [-0.3, -0.25) is 9.59 Å². The third-order valence-corrected chi connectivity index (χ3v) is 3.60. The molecule has 0 fully saturated rings. The molecular formula is C18H23N3O2. The maximum atomic E-state index is 12.1. The van der Waals surface area contributed by atoms with Crippen molar-refractivity contribution in [3.63, 3.8) is 0 Å². The lowest BCUT2D eigenvalue weighted by molar-refractivity contribution is -0.120. The lowest BCUT2D eigenvalue weighted by Crippen LogP contribution is -2.31. The Morgan fingerprint density at radius 1 is 0.913 bits per heavy atom. The standard InChI is InChI=1S/C18H23N3O2/c19-10-3-4-11-20-17(22)9-12-21-18(23)16-8-7-14-5-1-2-6-15(14)13-16/h1-2,5-8,13H,3-4,9-12,19H2,(H,20,22)(H,21,23). The summed E-state index contributed by atoms with van der Waals surface area (Å²) in [4.78, 5) is 23.7. The molecule has 0 heterocycles. The number of unbranched alkanes of at least 4 members (excludes halogenated alkanes) is 1. The minimum atomic E-state index is -0.160. The molecule has 2 rings (SSSR count). The minimum absolute atomic E-state index is 0.0548. The molecule has 0 saturated carbocycles. The number of nitrogens with one attached hydrogen (secondary N) is 2. The van der Waals surface area contributed by atoms with Crippen LogP contribution >= 0.6 is 0 Å². The Bertz CT molecular complexity index is 670. The van der Waals surface area contributed by atoms with E-state index in [0.717, 1.165) is 23.6 Å². The molecule has 2 aromatic rings. The van der Waals surface area contributed by atoms with Gasteiger partial charge in [-0.05, 0) is 42.3 Å². The zero-order chi connectivity index (χ0) is 16.5. The summed E-state index contributed by atoms with van der Waals surface area (Å²) < 4.78 is 0. The summed E-state index contributed by atoms with van der Waals surface area (Å²) in [7, 11) is 0. The van der Waals surface area contributed by atoms with Gasteiger partial charge in [0.1, 0.15) is 0 Å². The van der Waals surface area contributed by atoms with Crippen LogP contribution in [0.3, 0.4) is 0 Å². The zero-order valence-corrected chi connectivity index (χ0v) is 13.2. The molecule has 0 atom stereocenters. The van der Waals surface area contributed by atoms with Gasteiger partial charge in [-0.2, -0.15) is 0 Å². The van der Waals surface area contributed by atoms with E-state index in [9.17, 15) is 9.59 Å². The van der Waals surface area contributed by atoms with Crippen molar-refractivity contribution in [2.24, 2.45) is 5.73 Å². The van der Waals surface area contributed by atoms with Gasteiger partial charge in [-0.25, -0.2) is 0 Å². The minimum Gasteiger partial charge on any atom is -0.356 e. The van der Waals surface area contributed by atoms with Gasteiger partial charge in [0, 0.05) is 25.1 Å². The number of rotatable bonds is 8. The molecule has 5 heteroatoms. The van der Waals surface area contributed by atoms with E-state index in [-0.39, 0.29) is 18.2 Å². The van der Waals surface area contributed by atoms with Crippen molar-refractivity contribution >= 4 is 22.6 Å². The molecule has 122 valence electrons. The van der Waals surface area contributed by atoms with Crippen molar-refractivity contribution in [2.45, 2.75) is 19.3 Å². The van der Waals surface area contributed by atoms with Crippen LogP contribution in [-0.4, -0.2) is 31.4 Å². The number of carbonyl (C=O) groups excluding carboxylic acids is 2. The fraction of sp³-hybridized carbons (Fsp3) is 0.333. The second-order valence-electron chi connectivity index (χ2n) is 5.41. The van der Waals surface area contributed by atoms with Gasteiger partial charge < -0.3 is 16.4 Å². The van der Waals surface area contributed by atoms with Crippen molar-refractivity contribution in [1.29, 1.82) is 0 Å². The van der Waals surface area contributed by atoms with E-state index in [2.05, 4.69) is 10.6 Å². The van der Waals surface area contributed by atoms with Gasteiger partial charge in [-0.1, -0.05) is 30.3 Å². The molecule has 0 aliphatic heterocycles. The molecule has 0 spiro atoms. The number of nitrogens with two attached hydrogens (primary N) is 1. The topological polar surface area (TPSA) is 84.2 Å². The van der Waals surface area contributed by atoms with Crippen molar-refractivity contribution in [1.82, 2.24) is 10.6 Å². The molecular weight excluding hydrogens is 290 g/mol. The van der Waals surface area contributed by atoms with Gasteiger partial charge in [0.05, 0.1) is 0 Å². The molecule has 4 N–H and O–H groups in total. The highest BCUT2D eigenvalue weighted by Crippen LogP contribution is 2.15. The molecule has 0 unspecified atom stereocenters. The average molecular weight is 313 g/mol. The smallest absolute Gasteiger partial charge is 0.251 e. The number of benzene rings is 2. The Morgan fingerprint density at radius 2 is 1.70 bits per heavy atom. The summed E-state index contributed by atoms with van der Waals surface area (Å²) in [6.45, 7) is 1.60. The summed E-state index contributed by atoms with van der Waals surface area (Å²) in [5.41, 5.74) is 5.99. The summed E-state index contributed by atoms with van der Waals surface area (Å²) in [5, 5.41) is 7.71. The first-order chi connectivity index (χ1) is 11.2. The molecule has 2 aromatic carbocycles. The van der Waals surface area contributed by atoms with Crippen molar-refractivity contribution in [2.75, 3.05) is 19.6 Å². The van der Waals surface area contributed by atoms with E-state index in [1.54, 1.807) is 6.07 Å². The van der Waals surface area contributed by atoms with Crippen LogP contribution in [0.1, 0.15) is 29.6 Å². The van der Waals surface area contributed by atoms with Crippen molar-refractivity contribution in [3.8, 4) is 0 Å². The highest BCUT2D eigenvalue weighted by atomic mass is 16.2. The van der Waals surface area contributed by atoms with Crippen LogP contribution in [0.5, 0.6) is 0 Å². The first-order valence-corrected chi connectivity index (χ1v) is 7.94.